The van der Waals surface area contributed by atoms with Crippen LogP contribution in [0.4, 0.5) is 0 Å². The van der Waals surface area contributed by atoms with Crippen molar-refractivity contribution in [3.8, 4) is 0 Å². The molecule has 0 saturated carbocycles. The van der Waals surface area contributed by atoms with Crippen LogP contribution in [-0.4, -0.2) is 48.7 Å². The maximum absolute atomic E-state index is 11.1. The van der Waals surface area contributed by atoms with Gasteiger partial charge in [0.1, 0.15) is 0 Å². The average molecular weight is 167 g/mol. The molecule has 12 heavy (non-hydrogen) atoms. The number of hydrogen-bond acceptors (Lipinski definition) is 3. The monoisotopic (exact) mass is 167 g/mol. The summed E-state index contributed by atoms with van der Waals surface area (Å²) in [5, 5.41) is 5.64. The van der Waals surface area contributed by atoms with Gasteiger partial charge in [0.15, 0.2) is 0 Å². The molecule has 1 fully saturated rings. The van der Waals surface area contributed by atoms with Gasteiger partial charge in [0.25, 0.3) is 0 Å². The third-order valence-corrected chi connectivity index (χ3v) is 1.94. The smallest absolute Gasteiger partial charge is 0.246 e. The summed E-state index contributed by atoms with van der Waals surface area (Å²) in [5.74, 6) is -0.00119. The Morgan fingerprint density at radius 3 is 2.33 bits per heavy atom. The van der Waals surface area contributed by atoms with Crippen LogP contribution in [0.2, 0.25) is 0 Å². The second-order valence-electron chi connectivity index (χ2n) is 2.62. The summed E-state index contributed by atoms with van der Waals surface area (Å²) in [5.41, 5.74) is 0. The molecule has 0 aromatic rings. The van der Waals surface area contributed by atoms with Crippen LogP contribution in [0, 0.1) is 0 Å². The standard InChI is InChI=1S/C8H13N3O/c1-3-8(12)10-4-6-11(9-2)7-5-10/h3H,1-2,4-7H2. The Labute approximate surface area is 72.1 Å². The van der Waals surface area contributed by atoms with Gasteiger partial charge in [0.2, 0.25) is 5.91 Å². The third-order valence-electron chi connectivity index (χ3n) is 1.94. The molecule has 4 nitrogen and oxygen atoms in total. The first-order valence-electron chi connectivity index (χ1n) is 3.91. The number of rotatable bonds is 2. The Morgan fingerprint density at radius 2 is 1.92 bits per heavy atom. The number of piperazine rings is 1. The topological polar surface area (TPSA) is 35.9 Å². The number of carbonyl (C=O) groups excluding carboxylic acids is 1. The number of hydrogen-bond donors (Lipinski definition) is 0. The zero-order chi connectivity index (χ0) is 8.97. The molecular formula is C8H13N3O. The Bertz CT molecular complexity index is 194. The highest BCUT2D eigenvalue weighted by Crippen LogP contribution is 2.01. The Balaban J connectivity index is 2.40. The summed E-state index contributed by atoms with van der Waals surface area (Å²) >= 11 is 0. The van der Waals surface area contributed by atoms with E-state index in [4.69, 9.17) is 0 Å². The molecule has 4 heteroatoms. The summed E-state index contributed by atoms with van der Waals surface area (Å²) in [4.78, 5) is 12.9. The van der Waals surface area contributed by atoms with Crippen LogP contribution >= 0.6 is 0 Å². The predicted octanol–water partition coefficient (Wildman–Crippen LogP) is -0.0678. The van der Waals surface area contributed by atoms with Crippen molar-refractivity contribution in [2.75, 3.05) is 26.2 Å². The van der Waals surface area contributed by atoms with Gasteiger partial charge in [-0.05, 0) is 6.08 Å². The molecule has 0 spiro atoms. The largest absolute Gasteiger partial charge is 0.335 e. The van der Waals surface area contributed by atoms with Crippen LogP contribution in [-0.2, 0) is 4.79 Å². The van der Waals surface area contributed by atoms with E-state index in [1.165, 1.54) is 6.08 Å². The summed E-state index contributed by atoms with van der Waals surface area (Å²) < 4.78 is 0. The lowest BCUT2D eigenvalue weighted by atomic mass is 10.3. The summed E-state index contributed by atoms with van der Waals surface area (Å²) in [6.07, 6.45) is 1.34. The maximum Gasteiger partial charge on any atom is 0.246 e. The maximum atomic E-state index is 11.1. The van der Waals surface area contributed by atoms with Crippen LogP contribution < -0.4 is 0 Å². The molecule has 66 valence electrons. The minimum atomic E-state index is -0.00119. The van der Waals surface area contributed by atoms with Crippen LogP contribution in [0.1, 0.15) is 0 Å². The molecule has 0 N–H and O–H groups in total. The zero-order valence-electron chi connectivity index (χ0n) is 7.07. The molecule has 0 aromatic carbocycles. The lowest BCUT2D eigenvalue weighted by Crippen LogP contribution is -2.46. The van der Waals surface area contributed by atoms with Crippen LogP contribution in [0.15, 0.2) is 17.8 Å². The van der Waals surface area contributed by atoms with E-state index in [-0.39, 0.29) is 5.91 Å². The minimum Gasteiger partial charge on any atom is -0.335 e. The Kier molecular flexibility index (Phi) is 2.85. The highest BCUT2D eigenvalue weighted by atomic mass is 16.2. The minimum absolute atomic E-state index is 0.00119. The number of amides is 1. The van der Waals surface area contributed by atoms with Gasteiger partial charge in [-0.2, -0.15) is 5.10 Å². The number of carbonyl (C=O) groups is 1. The zero-order valence-corrected chi connectivity index (χ0v) is 7.07. The molecule has 1 rings (SSSR count). The van der Waals surface area contributed by atoms with E-state index in [2.05, 4.69) is 18.4 Å². The first-order chi connectivity index (χ1) is 5.77. The average Bonchev–Trinajstić information content (AvgIpc) is 2.17. The van der Waals surface area contributed by atoms with Gasteiger partial charge in [-0.15, -0.1) is 0 Å². The van der Waals surface area contributed by atoms with E-state index in [0.717, 1.165) is 13.1 Å². The van der Waals surface area contributed by atoms with Gasteiger partial charge in [-0.1, -0.05) is 6.58 Å². The SMILES string of the molecule is C=CC(=O)N1CCN(N=C)CC1. The van der Waals surface area contributed by atoms with Gasteiger partial charge in [0, 0.05) is 19.8 Å². The summed E-state index contributed by atoms with van der Waals surface area (Å²) in [6, 6.07) is 0. The molecule has 1 aliphatic rings. The van der Waals surface area contributed by atoms with Crippen molar-refractivity contribution >= 4 is 12.6 Å². The van der Waals surface area contributed by atoms with Crippen LogP contribution in [0.25, 0.3) is 0 Å². The molecule has 1 aliphatic heterocycles. The van der Waals surface area contributed by atoms with Crippen molar-refractivity contribution < 1.29 is 4.79 Å². The highest BCUT2D eigenvalue weighted by Gasteiger charge is 2.17. The third kappa shape index (κ3) is 1.84. The molecule has 0 radical (unpaired) electrons. The lowest BCUT2D eigenvalue weighted by molar-refractivity contribution is -0.127. The molecule has 0 bridgehead atoms. The van der Waals surface area contributed by atoms with Gasteiger partial charge in [0.05, 0.1) is 13.1 Å². The van der Waals surface area contributed by atoms with E-state index >= 15 is 0 Å². The lowest BCUT2D eigenvalue weighted by Gasteiger charge is -2.32. The quantitative estimate of drug-likeness (QED) is 0.426. The van der Waals surface area contributed by atoms with Crippen LogP contribution in [0.3, 0.4) is 0 Å². The summed E-state index contributed by atoms with van der Waals surface area (Å²) in [7, 11) is 0. The Morgan fingerprint density at radius 1 is 1.33 bits per heavy atom. The fourth-order valence-corrected chi connectivity index (χ4v) is 1.19. The molecule has 0 aromatic heterocycles. The number of hydrazone groups is 1. The Hall–Kier alpha value is -1.32. The predicted molar refractivity (Wildman–Crippen MR) is 47.9 cm³/mol. The number of nitrogens with zero attached hydrogens (tertiary/aromatic N) is 3. The van der Waals surface area contributed by atoms with Crippen molar-refractivity contribution in [2.24, 2.45) is 5.10 Å². The van der Waals surface area contributed by atoms with Gasteiger partial charge >= 0.3 is 0 Å². The van der Waals surface area contributed by atoms with E-state index in [0.29, 0.717) is 13.1 Å². The normalized spacial score (nSPS) is 17.3. The van der Waals surface area contributed by atoms with Gasteiger partial charge in [-0.25, -0.2) is 0 Å². The van der Waals surface area contributed by atoms with Crippen molar-refractivity contribution in [2.45, 2.75) is 0 Å². The highest BCUT2D eigenvalue weighted by molar-refractivity contribution is 5.87. The van der Waals surface area contributed by atoms with E-state index in [1.807, 2.05) is 5.01 Å². The molecule has 0 unspecified atom stereocenters. The van der Waals surface area contributed by atoms with Crippen molar-refractivity contribution in [1.82, 2.24) is 9.91 Å². The molecule has 1 amide bonds. The van der Waals surface area contributed by atoms with E-state index in [9.17, 15) is 4.79 Å². The summed E-state index contributed by atoms with van der Waals surface area (Å²) in [6.45, 7) is 9.82. The van der Waals surface area contributed by atoms with E-state index in [1.54, 1.807) is 4.90 Å². The second kappa shape index (κ2) is 3.90. The van der Waals surface area contributed by atoms with Gasteiger partial charge in [-0.3, -0.25) is 9.80 Å². The van der Waals surface area contributed by atoms with Crippen molar-refractivity contribution in [3.05, 3.63) is 12.7 Å². The first-order valence-corrected chi connectivity index (χ1v) is 3.91. The van der Waals surface area contributed by atoms with Gasteiger partial charge < -0.3 is 4.90 Å². The second-order valence-corrected chi connectivity index (χ2v) is 2.62. The van der Waals surface area contributed by atoms with Crippen LogP contribution in [0.5, 0.6) is 0 Å². The van der Waals surface area contributed by atoms with E-state index < -0.39 is 0 Å². The first kappa shape index (κ1) is 8.77. The fourth-order valence-electron chi connectivity index (χ4n) is 1.19. The van der Waals surface area contributed by atoms with Crippen molar-refractivity contribution in [3.63, 3.8) is 0 Å². The molecular weight excluding hydrogens is 154 g/mol. The fraction of sp³-hybridized carbons (Fsp3) is 0.500. The molecule has 0 aliphatic carbocycles. The molecule has 0 atom stereocenters. The molecule has 1 heterocycles. The molecule has 1 saturated heterocycles. The van der Waals surface area contributed by atoms with Crippen molar-refractivity contribution in [1.29, 1.82) is 0 Å².